The van der Waals surface area contributed by atoms with Crippen LogP contribution in [0.1, 0.15) is 136 Å². The Morgan fingerprint density at radius 2 is 0.577 bits per heavy atom. The minimum absolute atomic E-state index is 0. The van der Waals surface area contributed by atoms with E-state index in [1.54, 1.807) is 0 Å². The standard InChI is InChI=1S/C24H51N.BrH/c1-4-7-10-13-14-15-16-17-18-21-24-25(22-19-11-8-5-2)23-20-12-9-6-3;/h4-24H2,1-3H3;1H. The first kappa shape index (κ1) is 28.6. The van der Waals surface area contributed by atoms with Gasteiger partial charge in [0.2, 0.25) is 0 Å². The van der Waals surface area contributed by atoms with Gasteiger partial charge in [0, 0.05) is 0 Å². The Balaban J connectivity index is 0. The molecule has 0 aliphatic heterocycles. The summed E-state index contributed by atoms with van der Waals surface area (Å²) in [7, 11) is 0. The van der Waals surface area contributed by atoms with Crippen LogP contribution in [0, 0.1) is 0 Å². The third kappa shape index (κ3) is 22.5. The molecule has 0 bridgehead atoms. The number of halogens is 1. The lowest BCUT2D eigenvalue weighted by Crippen LogP contribution is -2.27. The van der Waals surface area contributed by atoms with Crippen LogP contribution in [0.25, 0.3) is 0 Å². The van der Waals surface area contributed by atoms with E-state index >= 15 is 0 Å². The summed E-state index contributed by atoms with van der Waals surface area (Å²) in [4.78, 5) is 2.77. The minimum Gasteiger partial charge on any atom is -0.303 e. The van der Waals surface area contributed by atoms with Gasteiger partial charge in [-0.05, 0) is 38.9 Å². The summed E-state index contributed by atoms with van der Waals surface area (Å²) in [6.45, 7) is 11.0. The number of nitrogens with zero attached hydrogens (tertiary/aromatic N) is 1. The van der Waals surface area contributed by atoms with Gasteiger partial charge < -0.3 is 4.90 Å². The summed E-state index contributed by atoms with van der Waals surface area (Å²) in [6.07, 6.45) is 25.7. The molecule has 0 saturated carbocycles. The van der Waals surface area contributed by atoms with Crippen molar-refractivity contribution in [1.29, 1.82) is 0 Å². The molecule has 0 N–H and O–H groups in total. The number of rotatable bonds is 21. The minimum atomic E-state index is 0. The van der Waals surface area contributed by atoms with E-state index in [1.807, 2.05) is 0 Å². The molecular weight excluding hydrogens is 382 g/mol. The van der Waals surface area contributed by atoms with Crippen molar-refractivity contribution in [3.8, 4) is 0 Å². The highest BCUT2D eigenvalue weighted by Crippen LogP contribution is 2.12. The molecule has 0 fully saturated rings. The molecule has 0 aromatic carbocycles. The predicted octanol–water partition coefficient (Wildman–Crippen LogP) is 8.95. The summed E-state index contributed by atoms with van der Waals surface area (Å²) >= 11 is 0. The highest BCUT2D eigenvalue weighted by molar-refractivity contribution is 8.93. The van der Waals surface area contributed by atoms with Crippen LogP contribution in [-0.2, 0) is 0 Å². The summed E-state index contributed by atoms with van der Waals surface area (Å²) in [6, 6.07) is 0. The van der Waals surface area contributed by atoms with Gasteiger partial charge in [0.25, 0.3) is 0 Å². The average Bonchev–Trinajstić information content (AvgIpc) is 2.63. The monoisotopic (exact) mass is 433 g/mol. The zero-order valence-corrected chi connectivity index (χ0v) is 20.4. The van der Waals surface area contributed by atoms with Crippen LogP contribution < -0.4 is 0 Å². The molecule has 1 nitrogen and oxygen atoms in total. The highest BCUT2D eigenvalue weighted by atomic mass is 79.9. The van der Waals surface area contributed by atoms with Crippen molar-refractivity contribution in [3.05, 3.63) is 0 Å². The Morgan fingerprint density at radius 1 is 0.346 bits per heavy atom. The molecular formula is C24H52BrN. The van der Waals surface area contributed by atoms with Crippen molar-refractivity contribution in [3.63, 3.8) is 0 Å². The van der Waals surface area contributed by atoms with E-state index in [1.165, 1.54) is 135 Å². The summed E-state index contributed by atoms with van der Waals surface area (Å²) in [5, 5.41) is 0. The Labute approximate surface area is 177 Å². The first-order valence-electron chi connectivity index (χ1n) is 12.1. The van der Waals surface area contributed by atoms with Gasteiger partial charge in [-0.3, -0.25) is 0 Å². The lowest BCUT2D eigenvalue weighted by molar-refractivity contribution is 0.254. The van der Waals surface area contributed by atoms with Gasteiger partial charge in [-0.25, -0.2) is 0 Å². The normalized spacial score (nSPS) is 11.1. The van der Waals surface area contributed by atoms with Crippen LogP contribution in [0.3, 0.4) is 0 Å². The van der Waals surface area contributed by atoms with Gasteiger partial charge >= 0.3 is 0 Å². The SMILES string of the molecule is Br.CCCCCCCCCCCCN(CCCCCC)CCCCCC. The maximum absolute atomic E-state index is 2.77. The van der Waals surface area contributed by atoms with Gasteiger partial charge in [0.05, 0.1) is 0 Å². The summed E-state index contributed by atoms with van der Waals surface area (Å²) in [5.41, 5.74) is 0. The fourth-order valence-electron chi connectivity index (χ4n) is 3.68. The summed E-state index contributed by atoms with van der Waals surface area (Å²) in [5.74, 6) is 0. The Kier molecular flexibility index (Phi) is 28.0. The molecule has 2 heteroatoms. The van der Waals surface area contributed by atoms with Crippen molar-refractivity contribution in [1.82, 2.24) is 4.90 Å². The Bertz CT molecular complexity index is 220. The zero-order chi connectivity index (χ0) is 18.4. The molecule has 0 aromatic heterocycles. The Hall–Kier alpha value is 0.440. The van der Waals surface area contributed by atoms with Crippen LogP contribution in [0.15, 0.2) is 0 Å². The molecule has 0 spiro atoms. The molecule has 0 atom stereocenters. The molecule has 0 aliphatic carbocycles. The lowest BCUT2D eigenvalue weighted by atomic mass is 10.1. The quantitative estimate of drug-likeness (QED) is 0.163. The fourth-order valence-corrected chi connectivity index (χ4v) is 3.68. The highest BCUT2D eigenvalue weighted by Gasteiger charge is 2.04. The first-order valence-corrected chi connectivity index (χ1v) is 12.1. The van der Waals surface area contributed by atoms with Crippen LogP contribution in [0.2, 0.25) is 0 Å². The van der Waals surface area contributed by atoms with Crippen LogP contribution in [-0.4, -0.2) is 24.5 Å². The zero-order valence-electron chi connectivity index (χ0n) is 18.7. The van der Waals surface area contributed by atoms with E-state index in [2.05, 4.69) is 25.7 Å². The van der Waals surface area contributed by atoms with Gasteiger partial charge in [0.1, 0.15) is 0 Å². The van der Waals surface area contributed by atoms with Crippen LogP contribution >= 0.6 is 17.0 Å². The second-order valence-corrected chi connectivity index (χ2v) is 8.14. The predicted molar refractivity (Wildman–Crippen MR) is 127 cm³/mol. The molecule has 0 rings (SSSR count). The molecule has 160 valence electrons. The van der Waals surface area contributed by atoms with E-state index < -0.39 is 0 Å². The van der Waals surface area contributed by atoms with E-state index in [0.29, 0.717) is 0 Å². The number of unbranched alkanes of at least 4 members (excludes halogenated alkanes) is 15. The number of hydrogen-bond donors (Lipinski definition) is 0. The smallest absolute Gasteiger partial charge is 0.00187 e. The molecule has 0 heterocycles. The van der Waals surface area contributed by atoms with Crippen LogP contribution in [0.5, 0.6) is 0 Å². The van der Waals surface area contributed by atoms with Crippen molar-refractivity contribution < 1.29 is 0 Å². The topological polar surface area (TPSA) is 3.24 Å². The second kappa shape index (κ2) is 25.4. The molecule has 0 unspecified atom stereocenters. The van der Waals surface area contributed by atoms with Crippen molar-refractivity contribution >= 4 is 17.0 Å². The fraction of sp³-hybridized carbons (Fsp3) is 1.00. The van der Waals surface area contributed by atoms with E-state index in [9.17, 15) is 0 Å². The number of hydrogen-bond acceptors (Lipinski definition) is 1. The van der Waals surface area contributed by atoms with Crippen molar-refractivity contribution in [2.45, 2.75) is 136 Å². The van der Waals surface area contributed by atoms with Gasteiger partial charge in [0.15, 0.2) is 0 Å². The van der Waals surface area contributed by atoms with Gasteiger partial charge in [-0.2, -0.15) is 0 Å². The average molecular weight is 435 g/mol. The third-order valence-corrected chi connectivity index (χ3v) is 5.48. The maximum atomic E-state index is 2.77. The molecule has 26 heavy (non-hydrogen) atoms. The summed E-state index contributed by atoms with van der Waals surface area (Å²) < 4.78 is 0. The van der Waals surface area contributed by atoms with Gasteiger partial charge in [-0.1, -0.05) is 117 Å². The third-order valence-electron chi connectivity index (χ3n) is 5.48. The maximum Gasteiger partial charge on any atom is -0.00187 e. The van der Waals surface area contributed by atoms with Crippen molar-refractivity contribution in [2.75, 3.05) is 19.6 Å². The lowest BCUT2D eigenvalue weighted by Gasteiger charge is -2.22. The first-order chi connectivity index (χ1) is 12.3. The van der Waals surface area contributed by atoms with E-state index in [-0.39, 0.29) is 17.0 Å². The molecule has 0 radical (unpaired) electrons. The molecule has 0 aliphatic rings. The van der Waals surface area contributed by atoms with E-state index in [4.69, 9.17) is 0 Å². The molecule has 0 saturated heterocycles. The van der Waals surface area contributed by atoms with Gasteiger partial charge in [-0.15, -0.1) is 17.0 Å². The second-order valence-electron chi connectivity index (χ2n) is 8.14. The van der Waals surface area contributed by atoms with Crippen molar-refractivity contribution in [2.24, 2.45) is 0 Å². The van der Waals surface area contributed by atoms with Crippen LogP contribution in [0.4, 0.5) is 0 Å². The van der Waals surface area contributed by atoms with E-state index in [0.717, 1.165) is 0 Å². The molecule has 0 aromatic rings. The Morgan fingerprint density at radius 3 is 0.885 bits per heavy atom. The largest absolute Gasteiger partial charge is 0.303 e. The molecule has 0 amide bonds.